The molecule has 2 nitrogen and oxygen atoms in total. The van der Waals surface area contributed by atoms with Crippen LogP contribution in [0.5, 0.6) is 0 Å². The van der Waals surface area contributed by atoms with Crippen molar-refractivity contribution in [2.24, 2.45) is 0 Å². The first-order valence-corrected chi connectivity index (χ1v) is 6.58. The van der Waals surface area contributed by atoms with Gasteiger partial charge in [-0.3, -0.25) is 4.90 Å². The zero-order chi connectivity index (χ0) is 12.2. The van der Waals surface area contributed by atoms with Crippen molar-refractivity contribution < 1.29 is 5.11 Å². The normalized spacial score (nSPS) is 23.0. The average Bonchev–Trinajstić information content (AvgIpc) is 2.78. The number of allylic oxidation sites excluding steroid dienone is 1. The highest BCUT2D eigenvalue weighted by Gasteiger charge is 2.37. The van der Waals surface area contributed by atoms with E-state index in [1.165, 1.54) is 18.4 Å². The van der Waals surface area contributed by atoms with Gasteiger partial charge in [-0.1, -0.05) is 12.5 Å². The summed E-state index contributed by atoms with van der Waals surface area (Å²) in [4.78, 5) is 2.47. The molecule has 0 amide bonds. The molecule has 1 rings (SSSR count). The van der Waals surface area contributed by atoms with Gasteiger partial charge in [0.15, 0.2) is 0 Å². The molecule has 16 heavy (non-hydrogen) atoms. The van der Waals surface area contributed by atoms with E-state index in [0.717, 1.165) is 32.4 Å². The van der Waals surface area contributed by atoms with Gasteiger partial charge in [-0.2, -0.15) is 0 Å². The summed E-state index contributed by atoms with van der Waals surface area (Å²) in [6, 6.07) is 0. The topological polar surface area (TPSA) is 23.5 Å². The summed E-state index contributed by atoms with van der Waals surface area (Å²) in [5.41, 5.74) is 1.13. The molecular formula is C14H27NO. The number of rotatable bonds is 6. The summed E-state index contributed by atoms with van der Waals surface area (Å²) in [5.74, 6) is 0. The zero-order valence-corrected chi connectivity index (χ0v) is 11.1. The first kappa shape index (κ1) is 13.7. The summed E-state index contributed by atoms with van der Waals surface area (Å²) in [7, 11) is 0. The number of aliphatic hydroxyl groups is 1. The lowest BCUT2D eigenvalue weighted by molar-refractivity contribution is -0.0163. The molecule has 1 fully saturated rings. The third-order valence-electron chi connectivity index (χ3n) is 4.11. The molecule has 0 radical (unpaired) electrons. The molecule has 1 saturated heterocycles. The van der Waals surface area contributed by atoms with E-state index in [1.54, 1.807) is 0 Å². The van der Waals surface area contributed by atoms with Crippen molar-refractivity contribution in [2.45, 2.75) is 64.5 Å². The van der Waals surface area contributed by atoms with Crippen molar-refractivity contribution in [2.75, 3.05) is 13.1 Å². The van der Waals surface area contributed by atoms with Gasteiger partial charge in [0.2, 0.25) is 0 Å². The summed E-state index contributed by atoms with van der Waals surface area (Å²) in [5, 5.41) is 10.4. The van der Waals surface area contributed by atoms with E-state index in [9.17, 15) is 5.11 Å². The molecule has 0 aromatic heterocycles. The van der Waals surface area contributed by atoms with E-state index in [1.807, 2.05) is 6.92 Å². The van der Waals surface area contributed by atoms with Crippen molar-refractivity contribution in [3.8, 4) is 0 Å². The van der Waals surface area contributed by atoms with Crippen LogP contribution in [-0.4, -0.2) is 34.7 Å². The molecule has 1 heterocycles. The van der Waals surface area contributed by atoms with Gasteiger partial charge in [0.25, 0.3) is 0 Å². The van der Waals surface area contributed by atoms with Crippen molar-refractivity contribution in [3.63, 3.8) is 0 Å². The molecule has 1 aliphatic heterocycles. The average molecular weight is 225 g/mol. The number of aliphatic hydroxyl groups excluding tert-OH is 1. The second-order valence-corrected chi connectivity index (χ2v) is 5.42. The lowest BCUT2D eigenvalue weighted by Gasteiger charge is -2.42. The molecule has 2 heteroatoms. The summed E-state index contributed by atoms with van der Waals surface area (Å²) in [6.07, 6.45) is 5.13. The predicted octanol–water partition coefficient (Wildman–Crippen LogP) is 2.97. The second-order valence-electron chi connectivity index (χ2n) is 5.42. The van der Waals surface area contributed by atoms with Gasteiger partial charge in [0.1, 0.15) is 0 Å². The highest BCUT2D eigenvalue weighted by molar-refractivity contribution is 4.97. The van der Waals surface area contributed by atoms with E-state index in [-0.39, 0.29) is 11.6 Å². The third kappa shape index (κ3) is 3.08. The molecule has 1 N–H and O–H groups in total. The zero-order valence-electron chi connectivity index (χ0n) is 11.1. The summed E-state index contributed by atoms with van der Waals surface area (Å²) >= 11 is 0. The van der Waals surface area contributed by atoms with Crippen LogP contribution in [0.1, 0.15) is 52.9 Å². The Morgan fingerprint density at radius 1 is 1.44 bits per heavy atom. The maximum Gasteiger partial charge on any atom is 0.0724 e. The minimum absolute atomic E-state index is 0.0358. The van der Waals surface area contributed by atoms with Crippen LogP contribution in [0.4, 0.5) is 0 Å². The minimum atomic E-state index is -0.229. The maximum atomic E-state index is 10.4. The van der Waals surface area contributed by atoms with E-state index in [2.05, 4.69) is 25.3 Å². The van der Waals surface area contributed by atoms with Crippen LogP contribution in [-0.2, 0) is 0 Å². The molecule has 0 bridgehead atoms. The fourth-order valence-corrected chi connectivity index (χ4v) is 2.59. The van der Waals surface area contributed by atoms with Gasteiger partial charge in [0, 0.05) is 5.54 Å². The lowest BCUT2D eigenvalue weighted by atomic mass is 9.86. The fraction of sp³-hybridized carbons (Fsp3) is 0.857. The van der Waals surface area contributed by atoms with Crippen molar-refractivity contribution in [3.05, 3.63) is 12.2 Å². The van der Waals surface area contributed by atoms with Crippen LogP contribution < -0.4 is 0 Å². The van der Waals surface area contributed by atoms with Crippen LogP contribution in [0.3, 0.4) is 0 Å². The van der Waals surface area contributed by atoms with Gasteiger partial charge in [0.05, 0.1) is 6.10 Å². The van der Waals surface area contributed by atoms with Crippen molar-refractivity contribution >= 4 is 0 Å². The molecule has 0 spiro atoms. The molecule has 1 aliphatic rings. The molecule has 0 saturated carbocycles. The van der Waals surface area contributed by atoms with Gasteiger partial charge in [-0.25, -0.2) is 0 Å². The fourth-order valence-electron chi connectivity index (χ4n) is 2.59. The Bertz CT molecular complexity index is 233. The molecular weight excluding hydrogens is 198 g/mol. The highest BCUT2D eigenvalue weighted by atomic mass is 16.3. The van der Waals surface area contributed by atoms with Gasteiger partial charge < -0.3 is 5.11 Å². The molecule has 2 unspecified atom stereocenters. The van der Waals surface area contributed by atoms with E-state index in [0.29, 0.717) is 0 Å². The largest absolute Gasteiger partial charge is 0.391 e. The summed E-state index contributed by atoms with van der Waals surface area (Å²) in [6.45, 7) is 12.6. The molecule has 0 aromatic rings. The van der Waals surface area contributed by atoms with Gasteiger partial charge >= 0.3 is 0 Å². The van der Waals surface area contributed by atoms with Gasteiger partial charge in [-0.15, -0.1) is 6.58 Å². The number of likely N-dealkylation sites (tertiary alicyclic amines) is 1. The monoisotopic (exact) mass is 225 g/mol. The SMILES string of the molecule is C=C(C)CCC(O)C(C)(CC)N1CCCC1. The third-order valence-corrected chi connectivity index (χ3v) is 4.11. The number of nitrogens with zero attached hydrogens (tertiary/aromatic N) is 1. The Labute approximate surface area is 100 Å². The maximum absolute atomic E-state index is 10.4. The number of hydrogen-bond donors (Lipinski definition) is 1. The van der Waals surface area contributed by atoms with Gasteiger partial charge in [-0.05, 0) is 59.0 Å². The van der Waals surface area contributed by atoms with Crippen LogP contribution in [0.25, 0.3) is 0 Å². The molecule has 0 aromatic carbocycles. The first-order chi connectivity index (χ1) is 7.50. The van der Waals surface area contributed by atoms with Crippen LogP contribution in [0.15, 0.2) is 12.2 Å². The predicted molar refractivity (Wildman–Crippen MR) is 69.6 cm³/mol. The Morgan fingerprint density at radius 2 is 2.00 bits per heavy atom. The quantitative estimate of drug-likeness (QED) is 0.703. The Kier molecular flexibility index (Phi) is 5.00. The Morgan fingerprint density at radius 3 is 2.44 bits per heavy atom. The van der Waals surface area contributed by atoms with Crippen LogP contribution in [0.2, 0.25) is 0 Å². The standard InChI is InChI=1S/C14H27NO/c1-5-14(4,15-10-6-7-11-15)13(16)9-8-12(2)3/h13,16H,2,5-11H2,1,3-4H3. The summed E-state index contributed by atoms with van der Waals surface area (Å²) < 4.78 is 0. The van der Waals surface area contributed by atoms with Crippen LogP contribution >= 0.6 is 0 Å². The first-order valence-electron chi connectivity index (χ1n) is 6.58. The molecule has 2 atom stereocenters. The van der Waals surface area contributed by atoms with Crippen molar-refractivity contribution in [1.29, 1.82) is 0 Å². The second kappa shape index (κ2) is 5.83. The number of hydrogen-bond acceptors (Lipinski definition) is 2. The lowest BCUT2D eigenvalue weighted by Crippen LogP contribution is -2.53. The van der Waals surface area contributed by atoms with E-state index < -0.39 is 0 Å². The molecule has 94 valence electrons. The van der Waals surface area contributed by atoms with Crippen LogP contribution in [0, 0.1) is 0 Å². The minimum Gasteiger partial charge on any atom is -0.391 e. The molecule has 0 aliphatic carbocycles. The Balaban J connectivity index is 2.58. The van der Waals surface area contributed by atoms with Crippen molar-refractivity contribution in [1.82, 2.24) is 4.90 Å². The Hall–Kier alpha value is -0.340. The smallest absolute Gasteiger partial charge is 0.0724 e. The van der Waals surface area contributed by atoms with E-state index >= 15 is 0 Å². The van der Waals surface area contributed by atoms with E-state index in [4.69, 9.17) is 0 Å². The highest BCUT2D eigenvalue weighted by Crippen LogP contribution is 2.30.